The molecule has 0 unspecified atom stereocenters. The number of nitrogens with zero attached hydrogens (tertiary/aromatic N) is 1. The van der Waals surface area contributed by atoms with E-state index in [1.165, 1.54) is 18.2 Å². The number of hydrogen-bond acceptors (Lipinski definition) is 2. The maximum atomic E-state index is 13.0. The van der Waals surface area contributed by atoms with E-state index in [1.54, 1.807) is 4.90 Å². The van der Waals surface area contributed by atoms with E-state index >= 15 is 0 Å². The van der Waals surface area contributed by atoms with Crippen molar-refractivity contribution in [1.82, 2.24) is 4.90 Å². The predicted molar refractivity (Wildman–Crippen MR) is 116 cm³/mol. The highest BCUT2D eigenvalue weighted by Crippen LogP contribution is 2.37. The highest BCUT2D eigenvalue weighted by molar-refractivity contribution is 5.87. The first-order valence-electron chi connectivity index (χ1n) is 9.92. The molecule has 0 aromatic heterocycles. The molecule has 6 heteroatoms. The van der Waals surface area contributed by atoms with Crippen molar-refractivity contribution in [3.63, 3.8) is 0 Å². The van der Waals surface area contributed by atoms with Crippen molar-refractivity contribution in [3.8, 4) is 11.1 Å². The zero-order valence-corrected chi connectivity index (χ0v) is 16.7. The molecule has 1 N–H and O–H groups in total. The van der Waals surface area contributed by atoms with Gasteiger partial charge in [-0.1, -0.05) is 36.9 Å². The SMILES string of the molecule is C=CC(=O)N1CCc2cc(Nc3ccccc3)c(-c3ccc(C(F)(F)F)cc3)cc2C1. The third kappa shape index (κ3) is 4.48. The van der Waals surface area contributed by atoms with Gasteiger partial charge in [-0.25, -0.2) is 0 Å². The molecule has 3 aromatic carbocycles. The maximum absolute atomic E-state index is 13.0. The molecule has 0 atom stereocenters. The Morgan fingerprint density at radius 2 is 1.71 bits per heavy atom. The average Bonchev–Trinajstić information content (AvgIpc) is 2.78. The van der Waals surface area contributed by atoms with E-state index in [0.717, 1.165) is 40.2 Å². The van der Waals surface area contributed by atoms with Gasteiger partial charge < -0.3 is 10.2 Å². The number of halogens is 3. The Labute approximate surface area is 178 Å². The third-order valence-corrected chi connectivity index (χ3v) is 5.41. The molecule has 3 aromatic rings. The quantitative estimate of drug-likeness (QED) is 0.509. The number of carbonyl (C=O) groups excluding carboxylic acids is 1. The van der Waals surface area contributed by atoms with E-state index in [2.05, 4.69) is 11.9 Å². The molecule has 0 aliphatic carbocycles. The molecule has 0 radical (unpaired) electrons. The Bertz CT molecular complexity index is 1110. The minimum atomic E-state index is -4.38. The fourth-order valence-electron chi connectivity index (χ4n) is 3.78. The van der Waals surface area contributed by atoms with Crippen molar-refractivity contribution >= 4 is 17.3 Å². The number of alkyl halides is 3. The Morgan fingerprint density at radius 3 is 2.35 bits per heavy atom. The second-order valence-corrected chi connectivity index (χ2v) is 7.45. The molecular formula is C25H21F3N2O. The molecular weight excluding hydrogens is 401 g/mol. The normalized spacial score (nSPS) is 13.5. The Hall–Kier alpha value is -3.54. The van der Waals surface area contributed by atoms with Gasteiger partial charge in [0, 0.05) is 30.0 Å². The molecule has 0 saturated carbocycles. The van der Waals surface area contributed by atoms with Gasteiger partial charge in [0.05, 0.1) is 5.56 Å². The van der Waals surface area contributed by atoms with Gasteiger partial charge in [0.2, 0.25) is 5.91 Å². The van der Waals surface area contributed by atoms with E-state index in [1.807, 2.05) is 42.5 Å². The number of para-hydroxylation sites is 1. The second kappa shape index (κ2) is 8.30. The zero-order valence-electron chi connectivity index (χ0n) is 16.7. The summed E-state index contributed by atoms with van der Waals surface area (Å²) in [6, 6.07) is 18.8. The van der Waals surface area contributed by atoms with Crippen LogP contribution in [0.5, 0.6) is 0 Å². The minimum absolute atomic E-state index is 0.131. The first kappa shape index (κ1) is 20.7. The summed E-state index contributed by atoms with van der Waals surface area (Å²) in [4.78, 5) is 13.8. The fraction of sp³-hybridized carbons (Fsp3) is 0.160. The summed E-state index contributed by atoms with van der Waals surface area (Å²) in [6.45, 7) is 4.60. The largest absolute Gasteiger partial charge is 0.416 e. The lowest BCUT2D eigenvalue weighted by atomic mass is 9.92. The highest BCUT2D eigenvalue weighted by atomic mass is 19.4. The van der Waals surface area contributed by atoms with Gasteiger partial charge in [-0.3, -0.25) is 4.79 Å². The van der Waals surface area contributed by atoms with Gasteiger partial charge in [0.1, 0.15) is 0 Å². The number of amides is 1. The number of fused-ring (bicyclic) bond motifs is 1. The summed E-state index contributed by atoms with van der Waals surface area (Å²) in [6.07, 6.45) is -2.39. The maximum Gasteiger partial charge on any atom is 0.416 e. The van der Waals surface area contributed by atoms with Crippen LogP contribution < -0.4 is 5.32 Å². The van der Waals surface area contributed by atoms with E-state index in [0.29, 0.717) is 25.1 Å². The topological polar surface area (TPSA) is 32.3 Å². The molecule has 1 amide bonds. The van der Waals surface area contributed by atoms with Crippen LogP contribution in [0.25, 0.3) is 11.1 Å². The molecule has 1 heterocycles. The van der Waals surface area contributed by atoms with Crippen LogP contribution in [0, 0.1) is 0 Å². The lowest BCUT2D eigenvalue weighted by molar-refractivity contribution is -0.137. The number of hydrogen-bond donors (Lipinski definition) is 1. The van der Waals surface area contributed by atoms with Crippen molar-refractivity contribution in [2.75, 3.05) is 11.9 Å². The summed E-state index contributed by atoms with van der Waals surface area (Å²) in [5.74, 6) is -0.131. The van der Waals surface area contributed by atoms with Gasteiger partial charge in [-0.05, 0) is 65.6 Å². The Morgan fingerprint density at radius 1 is 1.00 bits per heavy atom. The lowest BCUT2D eigenvalue weighted by Gasteiger charge is -2.29. The van der Waals surface area contributed by atoms with Crippen LogP contribution in [0.2, 0.25) is 0 Å². The highest BCUT2D eigenvalue weighted by Gasteiger charge is 2.30. The van der Waals surface area contributed by atoms with E-state index in [9.17, 15) is 18.0 Å². The van der Waals surface area contributed by atoms with E-state index in [4.69, 9.17) is 0 Å². The molecule has 1 aliphatic heterocycles. The van der Waals surface area contributed by atoms with Crippen LogP contribution in [0.3, 0.4) is 0 Å². The van der Waals surface area contributed by atoms with Crippen molar-refractivity contribution in [2.24, 2.45) is 0 Å². The number of nitrogens with one attached hydrogen (secondary N) is 1. The molecule has 0 fully saturated rings. The van der Waals surface area contributed by atoms with Crippen LogP contribution in [0.1, 0.15) is 16.7 Å². The van der Waals surface area contributed by atoms with Gasteiger partial charge >= 0.3 is 6.18 Å². The number of benzene rings is 3. The molecule has 4 rings (SSSR count). The monoisotopic (exact) mass is 422 g/mol. The number of rotatable bonds is 4. The van der Waals surface area contributed by atoms with E-state index in [-0.39, 0.29) is 5.91 Å². The molecule has 3 nitrogen and oxygen atoms in total. The third-order valence-electron chi connectivity index (χ3n) is 5.41. The Balaban J connectivity index is 1.77. The van der Waals surface area contributed by atoms with Gasteiger partial charge in [-0.2, -0.15) is 13.2 Å². The first-order chi connectivity index (χ1) is 14.8. The van der Waals surface area contributed by atoms with Crippen molar-refractivity contribution < 1.29 is 18.0 Å². The molecule has 0 bridgehead atoms. The van der Waals surface area contributed by atoms with Crippen molar-refractivity contribution in [2.45, 2.75) is 19.1 Å². The zero-order chi connectivity index (χ0) is 22.0. The molecule has 31 heavy (non-hydrogen) atoms. The van der Waals surface area contributed by atoms with Gasteiger partial charge in [0.15, 0.2) is 0 Å². The van der Waals surface area contributed by atoms with Crippen LogP contribution in [-0.4, -0.2) is 17.4 Å². The molecule has 158 valence electrons. The van der Waals surface area contributed by atoms with Crippen LogP contribution in [-0.2, 0) is 23.9 Å². The minimum Gasteiger partial charge on any atom is -0.355 e. The summed E-state index contributed by atoms with van der Waals surface area (Å²) in [5, 5.41) is 3.39. The summed E-state index contributed by atoms with van der Waals surface area (Å²) in [5.41, 5.74) is 4.56. The van der Waals surface area contributed by atoms with Crippen molar-refractivity contribution in [1.29, 1.82) is 0 Å². The molecule has 0 saturated heterocycles. The summed E-state index contributed by atoms with van der Waals surface area (Å²) in [7, 11) is 0. The van der Waals surface area contributed by atoms with Crippen molar-refractivity contribution in [3.05, 3.63) is 96.1 Å². The lowest BCUT2D eigenvalue weighted by Crippen LogP contribution is -2.34. The van der Waals surface area contributed by atoms with E-state index < -0.39 is 11.7 Å². The van der Waals surface area contributed by atoms with Crippen LogP contribution >= 0.6 is 0 Å². The van der Waals surface area contributed by atoms with Gasteiger partial charge in [-0.15, -0.1) is 0 Å². The van der Waals surface area contributed by atoms with Crippen LogP contribution in [0.4, 0.5) is 24.5 Å². The molecule has 1 aliphatic rings. The smallest absolute Gasteiger partial charge is 0.355 e. The second-order valence-electron chi connectivity index (χ2n) is 7.45. The summed E-state index contributed by atoms with van der Waals surface area (Å²) >= 11 is 0. The van der Waals surface area contributed by atoms with Gasteiger partial charge in [0.25, 0.3) is 0 Å². The van der Waals surface area contributed by atoms with Crippen LogP contribution in [0.15, 0.2) is 79.4 Å². The number of carbonyl (C=O) groups is 1. The average molecular weight is 422 g/mol. The predicted octanol–water partition coefficient (Wildman–Crippen LogP) is 6.19. The summed E-state index contributed by atoms with van der Waals surface area (Å²) < 4.78 is 39.0. The standard InChI is InChI=1S/C25H21F3N2O/c1-2-24(31)30-13-12-18-15-23(29-21-6-4-3-5-7-21)22(14-19(18)16-30)17-8-10-20(11-9-17)25(26,27)28/h2-11,14-15,29H,1,12-13,16H2. The first-order valence-corrected chi connectivity index (χ1v) is 9.92. The fourth-order valence-corrected chi connectivity index (χ4v) is 3.78. The molecule has 0 spiro atoms. The Kier molecular flexibility index (Phi) is 5.55. The number of anilines is 2.